The normalized spacial score (nSPS) is 20.2. The molecule has 21 heavy (non-hydrogen) atoms. The van der Waals surface area contributed by atoms with Crippen molar-refractivity contribution in [3.05, 3.63) is 16.4 Å². The van der Waals surface area contributed by atoms with Gasteiger partial charge in [-0.2, -0.15) is 5.10 Å². The molecule has 0 spiro atoms. The number of nitrogens with zero attached hydrogens (tertiary/aromatic N) is 3. The van der Waals surface area contributed by atoms with Crippen LogP contribution >= 0.6 is 15.9 Å². The van der Waals surface area contributed by atoms with E-state index in [0.717, 1.165) is 42.5 Å². The first kappa shape index (κ1) is 16.3. The molecule has 0 saturated carbocycles. The van der Waals surface area contributed by atoms with Gasteiger partial charge in [0.05, 0.1) is 16.7 Å². The van der Waals surface area contributed by atoms with Crippen LogP contribution in [0.25, 0.3) is 0 Å². The summed E-state index contributed by atoms with van der Waals surface area (Å²) >= 11 is 3.50. The number of carbonyl (C=O) groups is 1. The van der Waals surface area contributed by atoms with Gasteiger partial charge < -0.3 is 9.64 Å². The third kappa shape index (κ3) is 4.22. The van der Waals surface area contributed by atoms with E-state index in [9.17, 15) is 4.79 Å². The Balaban J connectivity index is 1.99. The van der Waals surface area contributed by atoms with Gasteiger partial charge in [-0.05, 0) is 62.9 Å². The van der Waals surface area contributed by atoms with Gasteiger partial charge in [-0.1, -0.05) is 0 Å². The molecule has 2 rings (SSSR count). The average molecular weight is 358 g/mol. The molecule has 1 amide bonds. The SMILES string of the molecule is Cc1c(Br)cnn1C1CCCN(C(=O)OC(C)(C)C)CC1. The van der Waals surface area contributed by atoms with Crippen LogP contribution in [0, 0.1) is 6.92 Å². The lowest BCUT2D eigenvalue weighted by atomic mass is 10.1. The van der Waals surface area contributed by atoms with Crippen LogP contribution in [0.2, 0.25) is 0 Å². The summed E-state index contributed by atoms with van der Waals surface area (Å²) in [5.41, 5.74) is 0.706. The summed E-state index contributed by atoms with van der Waals surface area (Å²) in [5.74, 6) is 0. The molecule has 1 unspecified atom stereocenters. The van der Waals surface area contributed by atoms with Crippen LogP contribution in [0.3, 0.4) is 0 Å². The topological polar surface area (TPSA) is 47.4 Å². The summed E-state index contributed by atoms with van der Waals surface area (Å²) in [5, 5.41) is 4.45. The van der Waals surface area contributed by atoms with E-state index in [0.29, 0.717) is 6.04 Å². The van der Waals surface area contributed by atoms with Crippen molar-refractivity contribution in [2.24, 2.45) is 0 Å². The first-order valence-corrected chi connectivity index (χ1v) is 8.25. The van der Waals surface area contributed by atoms with Crippen LogP contribution in [-0.4, -0.2) is 39.5 Å². The smallest absolute Gasteiger partial charge is 0.410 e. The molecule has 1 aromatic rings. The van der Waals surface area contributed by atoms with Gasteiger partial charge in [0.2, 0.25) is 0 Å². The molecule has 1 aliphatic rings. The Labute approximate surface area is 134 Å². The lowest BCUT2D eigenvalue weighted by molar-refractivity contribution is 0.0255. The highest BCUT2D eigenvalue weighted by Crippen LogP contribution is 2.27. The fourth-order valence-corrected chi connectivity index (χ4v) is 2.88. The Morgan fingerprint density at radius 3 is 2.67 bits per heavy atom. The molecule has 6 heteroatoms. The zero-order valence-corrected chi connectivity index (χ0v) is 14.8. The summed E-state index contributed by atoms with van der Waals surface area (Å²) in [6.45, 7) is 9.24. The molecule has 1 saturated heterocycles. The Hall–Kier alpha value is -1.04. The summed E-state index contributed by atoms with van der Waals surface area (Å²) in [4.78, 5) is 14.0. The largest absolute Gasteiger partial charge is 0.444 e. The number of halogens is 1. The number of rotatable bonds is 1. The molecular weight excluding hydrogens is 334 g/mol. The second kappa shape index (κ2) is 6.38. The highest BCUT2D eigenvalue weighted by Gasteiger charge is 2.26. The fourth-order valence-electron chi connectivity index (χ4n) is 2.60. The number of ether oxygens (including phenoxy) is 1. The van der Waals surface area contributed by atoms with Crippen molar-refractivity contribution < 1.29 is 9.53 Å². The molecule has 0 bridgehead atoms. The van der Waals surface area contributed by atoms with Crippen molar-refractivity contribution >= 4 is 22.0 Å². The van der Waals surface area contributed by atoms with E-state index >= 15 is 0 Å². The highest BCUT2D eigenvalue weighted by atomic mass is 79.9. The maximum absolute atomic E-state index is 12.2. The summed E-state index contributed by atoms with van der Waals surface area (Å²) in [6, 6.07) is 0.351. The van der Waals surface area contributed by atoms with E-state index in [-0.39, 0.29) is 6.09 Å². The monoisotopic (exact) mass is 357 g/mol. The van der Waals surface area contributed by atoms with E-state index < -0.39 is 5.60 Å². The number of hydrogen-bond donors (Lipinski definition) is 0. The van der Waals surface area contributed by atoms with Crippen LogP contribution in [-0.2, 0) is 4.74 Å². The Morgan fingerprint density at radius 1 is 1.38 bits per heavy atom. The number of carbonyl (C=O) groups excluding carboxylic acids is 1. The Kier molecular flexibility index (Phi) is 4.96. The minimum atomic E-state index is -0.438. The van der Waals surface area contributed by atoms with Crippen LogP contribution in [0.1, 0.15) is 51.8 Å². The summed E-state index contributed by atoms with van der Waals surface area (Å²) in [6.07, 6.45) is 4.55. The van der Waals surface area contributed by atoms with Crippen LogP contribution in [0.4, 0.5) is 4.79 Å². The zero-order valence-electron chi connectivity index (χ0n) is 13.2. The second-order valence-corrected chi connectivity index (χ2v) is 7.43. The fraction of sp³-hybridized carbons (Fsp3) is 0.733. The summed E-state index contributed by atoms with van der Waals surface area (Å²) in [7, 11) is 0. The lowest BCUT2D eigenvalue weighted by Crippen LogP contribution is -2.37. The van der Waals surface area contributed by atoms with Crippen molar-refractivity contribution in [1.82, 2.24) is 14.7 Å². The third-order valence-corrected chi connectivity index (χ3v) is 4.46. The van der Waals surface area contributed by atoms with Crippen LogP contribution in [0.15, 0.2) is 10.7 Å². The lowest BCUT2D eigenvalue weighted by Gasteiger charge is -2.26. The molecule has 5 nitrogen and oxygen atoms in total. The van der Waals surface area contributed by atoms with Crippen LogP contribution < -0.4 is 0 Å². The van der Waals surface area contributed by atoms with Gasteiger partial charge in [0.1, 0.15) is 5.60 Å². The van der Waals surface area contributed by atoms with Gasteiger partial charge in [0.15, 0.2) is 0 Å². The van der Waals surface area contributed by atoms with E-state index in [4.69, 9.17) is 4.74 Å². The third-order valence-electron chi connectivity index (χ3n) is 3.68. The van der Waals surface area contributed by atoms with E-state index in [1.54, 1.807) is 0 Å². The Morgan fingerprint density at radius 2 is 2.10 bits per heavy atom. The molecule has 0 aromatic carbocycles. The predicted molar refractivity (Wildman–Crippen MR) is 85.4 cm³/mol. The first-order valence-electron chi connectivity index (χ1n) is 7.45. The van der Waals surface area contributed by atoms with Gasteiger partial charge in [-0.15, -0.1) is 0 Å². The molecule has 1 fully saturated rings. The van der Waals surface area contributed by atoms with Crippen molar-refractivity contribution in [2.75, 3.05) is 13.1 Å². The van der Waals surface area contributed by atoms with E-state index in [1.165, 1.54) is 0 Å². The minimum Gasteiger partial charge on any atom is -0.444 e. The number of amides is 1. The second-order valence-electron chi connectivity index (χ2n) is 6.57. The average Bonchev–Trinajstić information content (AvgIpc) is 2.61. The number of hydrogen-bond acceptors (Lipinski definition) is 3. The molecule has 0 aliphatic carbocycles. The first-order chi connectivity index (χ1) is 9.78. The van der Waals surface area contributed by atoms with Crippen molar-refractivity contribution in [1.29, 1.82) is 0 Å². The van der Waals surface area contributed by atoms with E-state index in [1.807, 2.05) is 31.9 Å². The number of aromatic nitrogens is 2. The summed E-state index contributed by atoms with van der Waals surface area (Å²) < 4.78 is 8.57. The predicted octanol–water partition coefficient (Wildman–Crippen LogP) is 3.92. The maximum Gasteiger partial charge on any atom is 0.410 e. The van der Waals surface area contributed by atoms with Gasteiger partial charge in [0.25, 0.3) is 0 Å². The molecule has 2 heterocycles. The standard InChI is InChI=1S/C15H24BrN3O2/c1-11-13(16)10-17-19(11)12-6-5-8-18(9-7-12)14(20)21-15(2,3)4/h10,12H,5-9H2,1-4H3. The van der Waals surface area contributed by atoms with Crippen molar-refractivity contribution in [3.8, 4) is 0 Å². The van der Waals surface area contributed by atoms with Crippen LogP contribution in [0.5, 0.6) is 0 Å². The Bertz CT molecular complexity index is 508. The van der Waals surface area contributed by atoms with Crippen molar-refractivity contribution in [3.63, 3.8) is 0 Å². The highest BCUT2D eigenvalue weighted by molar-refractivity contribution is 9.10. The number of likely N-dealkylation sites (tertiary alicyclic amines) is 1. The van der Waals surface area contributed by atoms with Gasteiger partial charge in [0, 0.05) is 18.8 Å². The quantitative estimate of drug-likeness (QED) is 0.765. The molecular formula is C15H24BrN3O2. The maximum atomic E-state index is 12.2. The van der Waals surface area contributed by atoms with Gasteiger partial charge in [-0.25, -0.2) is 4.79 Å². The minimum absolute atomic E-state index is 0.207. The molecule has 1 aromatic heterocycles. The van der Waals surface area contributed by atoms with Crippen molar-refractivity contribution in [2.45, 2.75) is 58.6 Å². The van der Waals surface area contributed by atoms with E-state index in [2.05, 4.69) is 32.6 Å². The molecule has 0 radical (unpaired) electrons. The molecule has 0 N–H and O–H groups in total. The molecule has 1 atom stereocenters. The molecule has 1 aliphatic heterocycles. The molecule has 118 valence electrons. The van der Waals surface area contributed by atoms with Gasteiger partial charge in [-0.3, -0.25) is 4.68 Å². The zero-order chi connectivity index (χ0) is 15.6. The van der Waals surface area contributed by atoms with Gasteiger partial charge >= 0.3 is 6.09 Å².